The van der Waals surface area contributed by atoms with Crippen molar-refractivity contribution in [2.75, 3.05) is 14.2 Å². The molecule has 146 valence electrons. The van der Waals surface area contributed by atoms with Crippen LogP contribution in [-0.2, 0) is 14.3 Å². The number of benzene rings is 2. The Kier molecular flexibility index (Phi) is 5.12. The Morgan fingerprint density at radius 3 is 2.39 bits per heavy atom. The van der Waals surface area contributed by atoms with Gasteiger partial charge in [0.15, 0.2) is 11.5 Å². The molecule has 0 saturated heterocycles. The maximum Gasteiger partial charge on any atom is 0.331 e. The Hall–Kier alpha value is -3.68. The molecule has 1 aliphatic rings. The molecule has 3 rings (SSSR count). The van der Waals surface area contributed by atoms with E-state index in [4.69, 9.17) is 19.3 Å². The molecule has 1 heterocycles. The lowest BCUT2D eigenvalue weighted by Gasteiger charge is -2.20. The van der Waals surface area contributed by atoms with Gasteiger partial charge >= 0.3 is 11.9 Å². The molecule has 8 heteroatoms. The smallest absolute Gasteiger partial charge is 0.331 e. The van der Waals surface area contributed by atoms with E-state index in [2.05, 4.69) is 0 Å². The summed E-state index contributed by atoms with van der Waals surface area (Å²) in [6.45, 7) is 0. The average molecular weight is 386 g/mol. The lowest BCUT2D eigenvalue weighted by molar-refractivity contribution is -0.144. The fourth-order valence-corrected chi connectivity index (χ4v) is 3.13. The van der Waals surface area contributed by atoms with Gasteiger partial charge in [-0.25, -0.2) is 4.79 Å². The van der Waals surface area contributed by atoms with Gasteiger partial charge in [0.05, 0.1) is 26.2 Å². The van der Waals surface area contributed by atoms with Crippen molar-refractivity contribution < 1.29 is 39.1 Å². The van der Waals surface area contributed by atoms with Gasteiger partial charge in [0.1, 0.15) is 17.6 Å². The number of carboxylic acid groups (broad SMARTS) is 1. The van der Waals surface area contributed by atoms with Crippen molar-refractivity contribution in [2.45, 2.75) is 12.5 Å². The number of esters is 1. The van der Waals surface area contributed by atoms with Crippen molar-refractivity contribution in [1.82, 2.24) is 0 Å². The number of aromatic hydroxyl groups is 2. The third-order valence-corrected chi connectivity index (χ3v) is 4.35. The molecule has 2 aromatic carbocycles. The van der Waals surface area contributed by atoms with Gasteiger partial charge in [0.2, 0.25) is 0 Å². The molecule has 0 fully saturated rings. The van der Waals surface area contributed by atoms with Gasteiger partial charge in [0, 0.05) is 17.2 Å². The molecule has 3 N–H and O–H groups in total. The van der Waals surface area contributed by atoms with Gasteiger partial charge in [-0.15, -0.1) is 0 Å². The standard InChI is InChI=1S/C20H18O8/c1-26-15-7-12(10-3-5-11(21)6-4-10)20(27-2)19(25)18(15)13-8-17(24)28-14(13)9-16(22)23/h3-8,14,21,25H,9H2,1-2H3,(H,22,23)/t14-/m0/s1. The predicted octanol–water partition coefficient (Wildman–Crippen LogP) is 2.57. The summed E-state index contributed by atoms with van der Waals surface area (Å²) in [5.74, 6) is -1.78. The molecule has 0 bridgehead atoms. The van der Waals surface area contributed by atoms with E-state index in [1.807, 2.05) is 0 Å². The van der Waals surface area contributed by atoms with E-state index >= 15 is 0 Å². The number of aliphatic carboxylic acids is 1. The maximum atomic E-state index is 11.7. The summed E-state index contributed by atoms with van der Waals surface area (Å²) in [7, 11) is 2.75. The van der Waals surface area contributed by atoms with Crippen LogP contribution in [0.2, 0.25) is 0 Å². The summed E-state index contributed by atoms with van der Waals surface area (Å²) in [6, 6.07) is 7.85. The molecule has 0 unspecified atom stereocenters. The zero-order chi connectivity index (χ0) is 20.4. The van der Waals surface area contributed by atoms with Crippen molar-refractivity contribution >= 4 is 17.5 Å². The van der Waals surface area contributed by atoms with Crippen molar-refractivity contribution in [1.29, 1.82) is 0 Å². The molecule has 0 amide bonds. The summed E-state index contributed by atoms with van der Waals surface area (Å²) in [5, 5.41) is 29.5. The van der Waals surface area contributed by atoms with Gasteiger partial charge in [0.25, 0.3) is 0 Å². The van der Waals surface area contributed by atoms with Crippen LogP contribution < -0.4 is 9.47 Å². The summed E-state index contributed by atoms with van der Waals surface area (Å²) in [4.78, 5) is 22.8. The predicted molar refractivity (Wildman–Crippen MR) is 98.4 cm³/mol. The minimum atomic E-state index is -1.16. The Balaban J connectivity index is 2.20. The Bertz CT molecular complexity index is 959. The monoisotopic (exact) mass is 386 g/mol. The van der Waals surface area contributed by atoms with Crippen molar-refractivity contribution in [2.24, 2.45) is 0 Å². The van der Waals surface area contributed by atoms with Crippen LogP contribution in [0.1, 0.15) is 12.0 Å². The van der Waals surface area contributed by atoms with Crippen LogP contribution in [0.4, 0.5) is 0 Å². The molecule has 2 aromatic rings. The Morgan fingerprint density at radius 2 is 1.82 bits per heavy atom. The molecule has 1 atom stereocenters. The molecule has 0 saturated carbocycles. The minimum absolute atomic E-state index is 0.0822. The molecule has 8 nitrogen and oxygen atoms in total. The Morgan fingerprint density at radius 1 is 1.14 bits per heavy atom. The van der Waals surface area contributed by atoms with E-state index in [0.717, 1.165) is 6.08 Å². The highest BCUT2D eigenvalue weighted by molar-refractivity contribution is 6.01. The molecular formula is C20H18O8. The van der Waals surface area contributed by atoms with Crippen molar-refractivity contribution in [3.63, 3.8) is 0 Å². The first-order valence-corrected chi connectivity index (χ1v) is 8.27. The van der Waals surface area contributed by atoms with E-state index in [-0.39, 0.29) is 34.1 Å². The summed E-state index contributed by atoms with van der Waals surface area (Å²) in [5.41, 5.74) is 1.45. The van der Waals surface area contributed by atoms with E-state index in [0.29, 0.717) is 11.1 Å². The Labute approximate surface area is 160 Å². The molecule has 28 heavy (non-hydrogen) atoms. The largest absolute Gasteiger partial charge is 0.508 e. The molecule has 0 spiro atoms. The topological polar surface area (TPSA) is 123 Å². The van der Waals surface area contributed by atoms with E-state index < -0.39 is 24.5 Å². The molecule has 1 aliphatic heterocycles. The zero-order valence-electron chi connectivity index (χ0n) is 15.1. The number of ether oxygens (including phenoxy) is 3. The third-order valence-electron chi connectivity index (χ3n) is 4.35. The van der Waals surface area contributed by atoms with Crippen molar-refractivity contribution in [3.05, 3.63) is 42.0 Å². The van der Waals surface area contributed by atoms with Crippen LogP contribution in [0.15, 0.2) is 36.4 Å². The fraction of sp³-hybridized carbons (Fsp3) is 0.200. The first-order valence-electron chi connectivity index (χ1n) is 8.27. The number of phenolic OH excluding ortho intramolecular Hbond substituents is 2. The number of rotatable bonds is 6. The number of hydrogen-bond donors (Lipinski definition) is 3. The van der Waals surface area contributed by atoms with Gasteiger partial charge in [-0.2, -0.15) is 0 Å². The van der Waals surface area contributed by atoms with Crippen molar-refractivity contribution in [3.8, 4) is 34.1 Å². The number of phenols is 2. The highest BCUT2D eigenvalue weighted by atomic mass is 16.5. The number of methoxy groups -OCH3 is 2. The number of carbonyl (C=O) groups excluding carboxylic acids is 1. The fourth-order valence-electron chi connectivity index (χ4n) is 3.13. The normalized spacial score (nSPS) is 15.7. The van der Waals surface area contributed by atoms with E-state index in [1.54, 1.807) is 18.2 Å². The number of carbonyl (C=O) groups is 2. The van der Waals surface area contributed by atoms with Crippen LogP contribution >= 0.6 is 0 Å². The van der Waals surface area contributed by atoms with E-state index in [9.17, 15) is 19.8 Å². The van der Waals surface area contributed by atoms with E-state index in [1.165, 1.54) is 26.4 Å². The number of hydrogen-bond acceptors (Lipinski definition) is 7. The first kappa shape index (κ1) is 19.1. The summed E-state index contributed by atoms with van der Waals surface area (Å²) < 4.78 is 15.8. The second-order valence-corrected chi connectivity index (χ2v) is 6.05. The van der Waals surface area contributed by atoms with Gasteiger partial charge in [-0.05, 0) is 23.8 Å². The molecule has 0 radical (unpaired) electrons. The lowest BCUT2D eigenvalue weighted by atomic mass is 9.93. The third kappa shape index (κ3) is 3.44. The summed E-state index contributed by atoms with van der Waals surface area (Å²) >= 11 is 0. The van der Waals surface area contributed by atoms with Crippen LogP contribution in [0.3, 0.4) is 0 Å². The molecule has 0 aromatic heterocycles. The van der Waals surface area contributed by atoms with Crippen LogP contribution in [0.5, 0.6) is 23.0 Å². The van der Waals surface area contributed by atoms with Gasteiger partial charge in [-0.3, -0.25) is 4.79 Å². The number of cyclic esters (lactones) is 1. The number of carboxylic acids is 1. The maximum absolute atomic E-state index is 11.7. The SMILES string of the molecule is COc1cc(-c2ccc(O)cc2)c(OC)c(O)c1C1=CC(=O)O[C@H]1CC(=O)O. The van der Waals surface area contributed by atoms with Crippen LogP contribution in [-0.4, -0.2) is 47.6 Å². The van der Waals surface area contributed by atoms with Crippen LogP contribution in [0, 0.1) is 0 Å². The van der Waals surface area contributed by atoms with Crippen LogP contribution in [0.25, 0.3) is 16.7 Å². The average Bonchev–Trinajstić information content (AvgIpc) is 3.00. The van der Waals surface area contributed by atoms with Gasteiger partial charge < -0.3 is 29.5 Å². The second-order valence-electron chi connectivity index (χ2n) is 6.05. The zero-order valence-corrected chi connectivity index (χ0v) is 15.1. The highest BCUT2D eigenvalue weighted by Crippen LogP contribution is 2.49. The second kappa shape index (κ2) is 7.51. The molecular weight excluding hydrogens is 368 g/mol. The molecule has 0 aliphatic carbocycles. The first-order chi connectivity index (χ1) is 13.3. The summed E-state index contributed by atoms with van der Waals surface area (Å²) in [6.07, 6.45) is -0.387. The quantitative estimate of drug-likeness (QED) is 0.648. The van der Waals surface area contributed by atoms with Gasteiger partial charge in [-0.1, -0.05) is 12.1 Å². The highest BCUT2D eigenvalue weighted by Gasteiger charge is 2.34. The lowest BCUT2D eigenvalue weighted by Crippen LogP contribution is -2.16. The minimum Gasteiger partial charge on any atom is -0.508 e.